The van der Waals surface area contributed by atoms with Crippen LogP contribution in [0.2, 0.25) is 0 Å². The van der Waals surface area contributed by atoms with Crippen molar-refractivity contribution < 1.29 is 4.74 Å². The molecule has 0 atom stereocenters. The van der Waals surface area contributed by atoms with Gasteiger partial charge >= 0.3 is 0 Å². The van der Waals surface area contributed by atoms with Crippen LogP contribution >= 0.6 is 0 Å². The van der Waals surface area contributed by atoms with Gasteiger partial charge in [-0.25, -0.2) is 0 Å². The fraction of sp³-hybridized carbons (Fsp3) is 0.500. The van der Waals surface area contributed by atoms with Gasteiger partial charge in [0.05, 0.1) is 18.8 Å². The third-order valence-electron chi connectivity index (χ3n) is 2.85. The van der Waals surface area contributed by atoms with Crippen LogP contribution in [0.5, 0.6) is 0 Å². The molecule has 0 radical (unpaired) electrons. The van der Waals surface area contributed by atoms with Gasteiger partial charge < -0.3 is 15.8 Å². The first-order valence-electron chi connectivity index (χ1n) is 5.10. The predicted octanol–water partition coefficient (Wildman–Crippen LogP) is 1.34. The standard InChI is InChI=1S/C12H20N2O/c1-5-11(12(13)7-15-8-12)6-9(2)10(3)14-4/h5-6,14H,1,7-8,13H2,2-4H3/b10-9+,11-6+. The van der Waals surface area contributed by atoms with Gasteiger partial charge in [0.15, 0.2) is 0 Å². The van der Waals surface area contributed by atoms with Crippen molar-refractivity contribution in [2.45, 2.75) is 19.4 Å². The van der Waals surface area contributed by atoms with Crippen molar-refractivity contribution in [3.63, 3.8) is 0 Å². The zero-order chi connectivity index (χ0) is 11.5. The topological polar surface area (TPSA) is 47.3 Å². The number of hydrogen-bond acceptors (Lipinski definition) is 3. The molecule has 0 aromatic heterocycles. The lowest BCUT2D eigenvalue weighted by molar-refractivity contribution is -0.0321. The largest absolute Gasteiger partial charge is 0.391 e. The van der Waals surface area contributed by atoms with E-state index in [1.54, 1.807) is 0 Å². The van der Waals surface area contributed by atoms with Crippen LogP contribution in [0, 0.1) is 0 Å². The van der Waals surface area contributed by atoms with E-state index < -0.39 is 0 Å². The Labute approximate surface area is 91.7 Å². The van der Waals surface area contributed by atoms with Crippen LogP contribution in [0.4, 0.5) is 0 Å². The molecule has 0 aromatic carbocycles. The number of ether oxygens (including phenoxy) is 1. The Hall–Kier alpha value is -1.06. The van der Waals surface area contributed by atoms with Gasteiger partial charge in [-0.05, 0) is 25.0 Å². The molecule has 15 heavy (non-hydrogen) atoms. The lowest BCUT2D eigenvalue weighted by Gasteiger charge is -2.39. The summed E-state index contributed by atoms with van der Waals surface area (Å²) in [6, 6.07) is 0. The maximum absolute atomic E-state index is 6.14. The summed E-state index contributed by atoms with van der Waals surface area (Å²) in [5, 5.41) is 3.11. The summed E-state index contributed by atoms with van der Waals surface area (Å²) in [6.45, 7) is 9.05. The lowest BCUT2D eigenvalue weighted by Crippen LogP contribution is -2.58. The van der Waals surface area contributed by atoms with Crippen LogP contribution < -0.4 is 11.1 Å². The zero-order valence-corrected chi connectivity index (χ0v) is 9.76. The van der Waals surface area contributed by atoms with Crippen molar-refractivity contribution >= 4 is 0 Å². The highest BCUT2D eigenvalue weighted by Gasteiger charge is 2.36. The summed E-state index contributed by atoms with van der Waals surface area (Å²) >= 11 is 0. The minimum absolute atomic E-state index is 0.336. The van der Waals surface area contributed by atoms with Gasteiger partial charge in [-0.3, -0.25) is 0 Å². The van der Waals surface area contributed by atoms with E-state index in [0.29, 0.717) is 13.2 Å². The van der Waals surface area contributed by atoms with Gasteiger partial charge in [0.2, 0.25) is 0 Å². The summed E-state index contributed by atoms with van der Waals surface area (Å²) < 4.78 is 5.14. The van der Waals surface area contributed by atoms with Crippen molar-refractivity contribution in [2.24, 2.45) is 5.73 Å². The first-order chi connectivity index (χ1) is 7.03. The fourth-order valence-corrected chi connectivity index (χ4v) is 1.43. The average Bonchev–Trinajstić information content (AvgIpc) is 2.20. The van der Waals surface area contributed by atoms with E-state index in [-0.39, 0.29) is 5.54 Å². The smallest absolute Gasteiger partial charge is 0.0883 e. The van der Waals surface area contributed by atoms with Crippen molar-refractivity contribution in [1.29, 1.82) is 0 Å². The Morgan fingerprint density at radius 3 is 2.40 bits per heavy atom. The van der Waals surface area contributed by atoms with Gasteiger partial charge in [0.1, 0.15) is 0 Å². The van der Waals surface area contributed by atoms with Crippen molar-refractivity contribution in [1.82, 2.24) is 5.32 Å². The first kappa shape index (κ1) is 12.0. The molecule has 0 aromatic rings. The molecular weight excluding hydrogens is 188 g/mol. The van der Waals surface area contributed by atoms with Gasteiger partial charge in [-0.2, -0.15) is 0 Å². The monoisotopic (exact) mass is 208 g/mol. The third kappa shape index (κ3) is 2.49. The summed E-state index contributed by atoms with van der Waals surface area (Å²) in [4.78, 5) is 0. The predicted molar refractivity (Wildman–Crippen MR) is 63.5 cm³/mol. The summed E-state index contributed by atoms with van der Waals surface area (Å²) in [6.07, 6.45) is 3.89. The molecule has 1 saturated heterocycles. The Bertz CT molecular complexity index is 312. The normalized spacial score (nSPS) is 21.5. The van der Waals surface area contributed by atoms with Crippen molar-refractivity contribution in [2.75, 3.05) is 20.3 Å². The molecule has 0 amide bonds. The molecule has 1 aliphatic heterocycles. The molecule has 1 fully saturated rings. The second-order valence-corrected chi connectivity index (χ2v) is 4.01. The van der Waals surface area contributed by atoms with Crippen LogP contribution in [0.25, 0.3) is 0 Å². The Morgan fingerprint density at radius 1 is 1.47 bits per heavy atom. The van der Waals surface area contributed by atoms with E-state index in [1.165, 1.54) is 5.57 Å². The molecule has 3 N–H and O–H groups in total. The summed E-state index contributed by atoms with van der Waals surface area (Å²) in [5.74, 6) is 0. The highest BCUT2D eigenvalue weighted by molar-refractivity contribution is 5.39. The molecule has 1 rings (SSSR count). The molecule has 0 bridgehead atoms. The molecule has 0 spiro atoms. The van der Waals surface area contributed by atoms with Crippen LogP contribution in [-0.2, 0) is 4.74 Å². The molecular formula is C12H20N2O. The van der Waals surface area contributed by atoms with Crippen LogP contribution in [-0.4, -0.2) is 25.8 Å². The number of rotatable bonds is 4. The quantitative estimate of drug-likeness (QED) is 0.685. The molecule has 1 aliphatic rings. The van der Waals surface area contributed by atoms with E-state index in [2.05, 4.69) is 24.9 Å². The fourth-order valence-electron chi connectivity index (χ4n) is 1.43. The second kappa shape index (κ2) is 4.64. The van der Waals surface area contributed by atoms with Crippen molar-refractivity contribution in [3.8, 4) is 0 Å². The van der Waals surface area contributed by atoms with Gasteiger partial charge in [-0.15, -0.1) is 0 Å². The van der Waals surface area contributed by atoms with Crippen LogP contribution in [0.3, 0.4) is 0 Å². The molecule has 1 heterocycles. The minimum Gasteiger partial charge on any atom is -0.391 e. The maximum Gasteiger partial charge on any atom is 0.0883 e. The highest BCUT2D eigenvalue weighted by atomic mass is 16.5. The maximum atomic E-state index is 6.14. The van der Waals surface area contributed by atoms with E-state index >= 15 is 0 Å². The molecule has 84 valence electrons. The minimum atomic E-state index is -0.336. The van der Waals surface area contributed by atoms with Gasteiger partial charge in [-0.1, -0.05) is 18.7 Å². The first-order valence-corrected chi connectivity index (χ1v) is 5.10. The molecule has 0 saturated carbocycles. The van der Waals surface area contributed by atoms with Gasteiger partial charge in [0.25, 0.3) is 0 Å². The lowest BCUT2D eigenvalue weighted by atomic mass is 9.87. The molecule has 3 heteroatoms. The summed E-state index contributed by atoms with van der Waals surface area (Å²) in [5.41, 5.74) is 9.15. The molecule has 0 aliphatic carbocycles. The Kier molecular flexibility index (Phi) is 3.72. The van der Waals surface area contributed by atoms with Gasteiger partial charge in [0, 0.05) is 12.7 Å². The number of nitrogens with two attached hydrogens (primary N) is 1. The van der Waals surface area contributed by atoms with E-state index in [1.807, 2.05) is 20.0 Å². The molecule has 0 unspecified atom stereocenters. The van der Waals surface area contributed by atoms with E-state index in [0.717, 1.165) is 11.3 Å². The van der Waals surface area contributed by atoms with Crippen molar-refractivity contribution in [3.05, 3.63) is 35.6 Å². The average molecular weight is 208 g/mol. The summed E-state index contributed by atoms with van der Waals surface area (Å²) in [7, 11) is 1.91. The molecule has 3 nitrogen and oxygen atoms in total. The SMILES string of the molecule is C=C/C(=C\C(C)=C(/C)NC)C1(N)COC1. The van der Waals surface area contributed by atoms with E-state index in [4.69, 9.17) is 10.5 Å². The number of nitrogens with one attached hydrogen (secondary N) is 1. The number of hydrogen-bond donors (Lipinski definition) is 2. The van der Waals surface area contributed by atoms with Crippen LogP contribution in [0.15, 0.2) is 35.6 Å². The highest BCUT2D eigenvalue weighted by Crippen LogP contribution is 2.25. The number of allylic oxidation sites excluding steroid dienone is 3. The second-order valence-electron chi connectivity index (χ2n) is 4.01. The Balaban J connectivity index is 2.92. The zero-order valence-electron chi connectivity index (χ0n) is 9.76. The third-order valence-corrected chi connectivity index (χ3v) is 2.85. The van der Waals surface area contributed by atoms with E-state index in [9.17, 15) is 0 Å². The van der Waals surface area contributed by atoms with Crippen LogP contribution in [0.1, 0.15) is 13.8 Å². The Morgan fingerprint density at radius 2 is 2.07 bits per heavy atom.